The molecule has 0 spiro atoms. The van der Waals surface area contributed by atoms with Crippen LogP contribution in [-0.4, -0.2) is 28.8 Å². The Hall–Kier alpha value is -1.43. The van der Waals surface area contributed by atoms with Gasteiger partial charge >= 0.3 is 0 Å². The van der Waals surface area contributed by atoms with Gasteiger partial charge in [0.25, 0.3) is 5.91 Å². The average Bonchev–Trinajstić information content (AvgIpc) is 3.13. The topological polar surface area (TPSA) is 49.4 Å². The first-order valence-corrected chi connectivity index (χ1v) is 6.93. The molecular weight excluding hydrogens is 315 g/mol. The molecule has 1 aliphatic heterocycles. The van der Waals surface area contributed by atoms with Gasteiger partial charge in [0.15, 0.2) is 0 Å². The second-order valence-corrected chi connectivity index (χ2v) is 5.71. The van der Waals surface area contributed by atoms with E-state index in [1.165, 1.54) is 17.0 Å². The third kappa shape index (κ3) is 2.36. The van der Waals surface area contributed by atoms with Crippen LogP contribution in [0.4, 0.5) is 10.1 Å². The van der Waals surface area contributed by atoms with Gasteiger partial charge in [-0.05, 0) is 47.0 Å². The zero-order valence-corrected chi connectivity index (χ0v) is 11.6. The smallest absolute Gasteiger partial charge is 0.252 e. The lowest BCUT2D eigenvalue weighted by Gasteiger charge is -2.16. The van der Waals surface area contributed by atoms with E-state index in [1.807, 2.05) is 0 Å². The van der Waals surface area contributed by atoms with E-state index >= 15 is 0 Å². The molecule has 0 radical (unpaired) electrons. The standard InChI is InChI=1S/C13H12BrFN2O2/c14-9-4-1-7(15)5-10(9)16-11-6-12(18)17(13(11)19)8-2-3-8/h1,4-5,8,11,16H,2-3,6H2. The molecule has 0 bridgehead atoms. The third-order valence-electron chi connectivity index (χ3n) is 3.35. The molecule has 1 saturated heterocycles. The number of rotatable bonds is 3. The number of imide groups is 1. The molecule has 2 aliphatic rings. The molecule has 1 aliphatic carbocycles. The van der Waals surface area contributed by atoms with Crippen molar-refractivity contribution in [3.63, 3.8) is 0 Å². The van der Waals surface area contributed by atoms with Gasteiger partial charge in [-0.25, -0.2) is 4.39 Å². The van der Waals surface area contributed by atoms with Crippen LogP contribution in [0.2, 0.25) is 0 Å². The fourth-order valence-corrected chi connectivity index (χ4v) is 2.64. The Kier molecular flexibility index (Phi) is 3.05. The van der Waals surface area contributed by atoms with Crippen LogP contribution in [0.25, 0.3) is 0 Å². The summed E-state index contributed by atoms with van der Waals surface area (Å²) in [6.45, 7) is 0. The maximum Gasteiger partial charge on any atom is 0.252 e. The Balaban J connectivity index is 1.78. The predicted octanol–water partition coefficient (Wildman–Crippen LogP) is 2.29. The van der Waals surface area contributed by atoms with Crippen LogP contribution in [0.3, 0.4) is 0 Å². The SMILES string of the molecule is O=C1CC(Nc2cc(F)ccc2Br)C(=O)N1C1CC1. The predicted molar refractivity (Wildman–Crippen MR) is 71.0 cm³/mol. The lowest BCUT2D eigenvalue weighted by atomic mass is 10.2. The zero-order chi connectivity index (χ0) is 13.6. The number of hydrogen-bond donors (Lipinski definition) is 1. The Morgan fingerprint density at radius 2 is 2.05 bits per heavy atom. The first-order valence-electron chi connectivity index (χ1n) is 6.14. The van der Waals surface area contributed by atoms with Crippen molar-refractivity contribution in [1.29, 1.82) is 0 Å². The van der Waals surface area contributed by atoms with E-state index in [4.69, 9.17) is 0 Å². The summed E-state index contributed by atoms with van der Waals surface area (Å²) in [5, 5.41) is 2.94. The van der Waals surface area contributed by atoms with Crippen LogP contribution >= 0.6 is 15.9 Å². The molecule has 6 heteroatoms. The summed E-state index contributed by atoms with van der Waals surface area (Å²) in [5.41, 5.74) is 0.490. The quantitative estimate of drug-likeness (QED) is 0.867. The highest BCUT2D eigenvalue weighted by molar-refractivity contribution is 9.10. The Morgan fingerprint density at radius 3 is 2.74 bits per heavy atom. The van der Waals surface area contributed by atoms with Crippen LogP contribution in [0, 0.1) is 5.82 Å². The summed E-state index contributed by atoms with van der Waals surface area (Å²) in [7, 11) is 0. The highest BCUT2D eigenvalue weighted by atomic mass is 79.9. The Labute approximate surface area is 118 Å². The molecule has 2 amide bonds. The number of benzene rings is 1. The van der Waals surface area contributed by atoms with Crippen molar-refractivity contribution in [3.8, 4) is 0 Å². The molecule has 4 nitrogen and oxygen atoms in total. The van der Waals surface area contributed by atoms with Crippen LogP contribution in [0.1, 0.15) is 19.3 Å². The lowest BCUT2D eigenvalue weighted by molar-refractivity contribution is -0.139. The summed E-state index contributed by atoms with van der Waals surface area (Å²) < 4.78 is 13.9. The summed E-state index contributed by atoms with van der Waals surface area (Å²) >= 11 is 3.29. The molecule has 2 fully saturated rings. The second-order valence-electron chi connectivity index (χ2n) is 4.86. The molecule has 100 valence electrons. The van der Waals surface area contributed by atoms with Gasteiger partial charge in [0.1, 0.15) is 11.9 Å². The van der Waals surface area contributed by atoms with Crippen LogP contribution in [-0.2, 0) is 9.59 Å². The number of halogens is 2. The van der Waals surface area contributed by atoms with Gasteiger partial charge in [-0.3, -0.25) is 14.5 Å². The minimum Gasteiger partial charge on any atom is -0.372 e. The molecular formula is C13H12BrFN2O2. The number of nitrogens with zero attached hydrogens (tertiary/aromatic N) is 1. The van der Waals surface area contributed by atoms with Crippen molar-refractivity contribution in [1.82, 2.24) is 4.90 Å². The molecule has 1 atom stereocenters. The number of anilines is 1. The second kappa shape index (κ2) is 4.59. The number of likely N-dealkylation sites (tertiary alicyclic amines) is 1. The molecule has 1 aromatic carbocycles. The van der Waals surface area contributed by atoms with Crippen molar-refractivity contribution in [2.75, 3.05) is 5.32 Å². The molecule has 3 rings (SSSR count). The number of nitrogens with one attached hydrogen (secondary N) is 1. The van der Waals surface area contributed by atoms with Gasteiger partial charge in [-0.2, -0.15) is 0 Å². The largest absolute Gasteiger partial charge is 0.372 e. The first kappa shape index (κ1) is 12.6. The van der Waals surface area contributed by atoms with E-state index in [9.17, 15) is 14.0 Å². The Morgan fingerprint density at radius 1 is 1.32 bits per heavy atom. The van der Waals surface area contributed by atoms with Gasteiger partial charge in [0.05, 0.1) is 12.1 Å². The van der Waals surface area contributed by atoms with E-state index in [2.05, 4.69) is 21.2 Å². The van der Waals surface area contributed by atoms with Crippen molar-refractivity contribution in [2.24, 2.45) is 0 Å². The van der Waals surface area contributed by atoms with Gasteiger partial charge in [0.2, 0.25) is 5.91 Å². The molecule has 19 heavy (non-hydrogen) atoms. The van der Waals surface area contributed by atoms with Crippen molar-refractivity contribution in [3.05, 3.63) is 28.5 Å². The lowest BCUT2D eigenvalue weighted by Crippen LogP contribution is -2.36. The molecule has 1 aromatic rings. The molecule has 1 heterocycles. The molecule has 0 aromatic heterocycles. The normalized spacial score (nSPS) is 23.1. The average molecular weight is 327 g/mol. The van der Waals surface area contributed by atoms with Crippen molar-refractivity contribution >= 4 is 33.4 Å². The number of amides is 2. The number of hydrogen-bond acceptors (Lipinski definition) is 3. The number of carbonyl (C=O) groups excluding carboxylic acids is 2. The van der Waals surface area contributed by atoms with E-state index in [1.54, 1.807) is 6.07 Å². The van der Waals surface area contributed by atoms with Gasteiger partial charge in [-0.1, -0.05) is 0 Å². The molecule has 1 unspecified atom stereocenters. The maximum absolute atomic E-state index is 13.2. The minimum absolute atomic E-state index is 0.0859. The summed E-state index contributed by atoms with van der Waals surface area (Å²) in [6.07, 6.45) is 1.93. The first-order chi connectivity index (χ1) is 9.06. The molecule has 1 saturated carbocycles. The summed E-state index contributed by atoms with van der Waals surface area (Å²) in [6, 6.07) is 3.70. The van der Waals surface area contributed by atoms with E-state index < -0.39 is 6.04 Å². The summed E-state index contributed by atoms with van der Waals surface area (Å²) in [4.78, 5) is 25.3. The maximum atomic E-state index is 13.2. The van der Waals surface area contributed by atoms with E-state index in [0.717, 1.165) is 12.8 Å². The Bertz CT molecular complexity index is 560. The van der Waals surface area contributed by atoms with Crippen LogP contribution in [0.15, 0.2) is 22.7 Å². The van der Waals surface area contributed by atoms with Crippen LogP contribution < -0.4 is 5.32 Å². The van der Waals surface area contributed by atoms with E-state index in [0.29, 0.717) is 10.2 Å². The van der Waals surface area contributed by atoms with Gasteiger partial charge in [-0.15, -0.1) is 0 Å². The minimum atomic E-state index is -0.591. The third-order valence-corrected chi connectivity index (χ3v) is 4.04. The van der Waals surface area contributed by atoms with Crippen molar-refractivity contribution in [2.45, 2.75) is 31.3 Å². The number of carbonyl (C=O) groups is 2. The van der Waals surface area contributed by atoms with Gasteiger partial charge < -0.3 is 5.32 Å². The summed E-state index contributed by atoms with van der Waals surface area (Å²) in [5.74, 6) is -0.734. The fraction of sp³-hybridized carbons (Fsp3) is 0.385. The zero-order valence-electron chi connectivity index (χ0n) is 10.0. The molecule has 1 N–H and O–H groups in total. The van der Waals surface area contributed by atoms with Crippen molar-refractivity contribution < 1.29 is 14.0 Å². The highest BCUT2D eigenvalue weighted by Crippen LogP contribution is 2.33. The van der Waals surface area contributed by atoms with Gasteiger partial charge in [0, 0.05) is 10.5 Å². The van der Waals surface area contributed by atoms with E-state index in [-0.39, 0.29) is 30.1 Å². The monoisotopic (exact) mass is 326 g/mol. The fourth-order valence-electron chi connectivity index (χ4n) is 2.28. The highest BCUT2D eigenvalue weighted by Gasteiger charge is 2.46. The van der Waals surface area contributed by atoms with Crippen LogP contribution in [0.5, 0.6) is 0 Å².